The van der Waals surface area contributed by atoms with Crippen LogP contribution in [0.1, 0.15) is 12.8 Å². The molecule has 0 spiro atoms. The van der Waals surface area contributed by atoms with E-state index in [1.807, 2.05) is 0 Å². The first-order valence-electron chi connectivity index (χ1n) is 5.97. The zero-order valence-corrected chi connectivity index (χ0v) is 10.7. The van der Waals surface area contributed by atoms with Crippen molar-refractivity contribution >= 4 is 12.0 Å². The number of nitrogens with zero attached hydrogens (tertiary/aromatic N) is 2. The van der Waals surface area contributed by atoms with E-state index in [4.69, 9.17) is 9.84 Å². The van der Waals surface area contributed by atoms with Crippen LogP contribution >= 0.6 is 0 Å². The first kappa shape index (κ1) is 14.5. The molecular weight excluding hydrogens is 236 g/mol. The van der Waals surface area contributed by atoms with E-state index in [0.29, 0.717) is 13.2 Å². The first-order chi connectivity index (χ1) is 8.60. The van der Waals surface area contributed by atoms with Crippen LogP contribution in [0.4, 0.5) is 4.79 Å². The molecule has 1 rings (SSSR count). The molecular formula is C12H20N2O4. The van der Waals surface area contributed by atoms with Gasteiger partial charge in [-0.15, -0.1) is 6.58 Å². The Balaban J connectivity index is 2.64. The largest absolute Gasteiger partial charge is 0.480 e. The molecule has 6 heteroatoms. The molecule has 0 aromatic heterocycles. The van der Waals surface area contributed by atoms with Gasteiger partial charge in [-0.25, -0.2) is 4.79 Å². The highest BCUT2D eigenvalue weighted by Gasteiger charge is 2.34. The number of urea groups is 1. The van der Waals surface area contributed by atoms with Crippen LogP contribution in [0.3, 0.4) is 0 Å². The summed E-state index contributed by atoms with van der Waals surface area (Å²) in [5.74, 6) is -1.02. The Bertz CT molecular complexity index is 315. The van der Waals surface area contributed by atoms with Crippen molar-refractivity contribution in [1.29, 1.82) is 0 Å². The molecule has 1 saturated carbocycles. The van der Waals surface area contributed by atoms with Crippen LogP contribution in [0.25, 0.3) is 0 Å². The van der Waals surface area contributed by atoms with Crippen molar-refractivity contribution in [2.75, 3.05) is 33.4 Å². The highest BCUT2D eigenvalue weighted by atomic mass is 16.5. The van der Waals surface area contributed by atoms with Gasteiger partial charge < -0.3 is 19.6 Å². The van der Waals surface area contributed by atoms with Crippen molar-refractivity contribution in [1.82, 2.24) is 9.80 Å². The van der Waals surface area contributed by atoms with Gasteiger partial charge in [-0.2, -0.15) is 0 Å². The predicted molar refractivity (Wildman–Crippen MR) is 66.4 cm³/mol. The number of carboxylic acid groups (broad SMARTS) is 1. The molecule has 0 unspecified atom stereocenters. The van der Waals surface area contributed by atoms with Crippen LogP contribution in [0, 0.1) is 0 Å². The van der Waals surface area contributed by atoms with Gasteiger partial charge in [-0.05, 0) is 12.8 Å². The second kappa shape index (κ2) is 7.00. The van der Waals surface area contributed by atoms with Crippen molar-refractivity contribution in [2.45, 2.75) is 18.9 Å². The summed E-state index contributed by atoms with van der Waals surface area (Å²) in [6.45, 7) is 4.37. The average molecular weight is 256 g/mol. The van der Waals surface area contributed by atoms with Crippen molar-refractivity contribution in [2.24, 2.45) is 0 Å². The number of carbonyl (C=O) groups is 2. The molecule has 1 aliphatic rings. The molecule has 0 atom stereocenters. The van der Waals surface area contributed by atoms with Gasteiger partial charge in [0.25, 0.3) is 0 Å². The Morgan fingerprint density at radius 3 is 2.61 bits per heavy atom. The van der Waals surface area contributed by atoms with Gasteiger partial charge in [-0.1, -0.05) is 6.08 Å². The maximum absolute atomic E-state index is 12.2. The number of hydrogen-bond acceptors (Lipinski definition) is 3. The molecule has 1 fully saturated rings. The highest BCUT2D eigenvalue weighted by Crippen LogP contribution is 2.27. The van der Waals surface area contributed by atoms with Crippen LogP contribution in [0.5, 0.6) is 0 Å². The molecule has 0 bridgehead atoms. The Morgan fingerprint density at radius 2 is 2.17 bits per heavy atom. The lowest BCUT2D eigenvalue weighted by atomic mass is 10.4. The fourth-order valence-electron chi connectivity index (χ4n) is 1.70. The summed E-state index contributed by atoms with van der Waals surface area (Å²) in [6, 6.07) is -0.0220. The molecule has 6 nitrogen and oxygen atoms in total. The summed E-state index contributed by atoms with van der Waals surface area (Å²) >= 11 is 0. The van der Waals surface area contributed by atoms with Crippen molar-refractivity contribution in [3.63, 3.8) is 0 Å². The van der Waals surface area contributed by atoms with Crippen molar-refractivity contribution < 1.29 is 19.4 Å². The Hall–Kier alpha value is -1.56. The zero-order chi connectivity index (χ0) is 13.5. The van der Waals surface area contributed by atoms with Gasteiger partial charge in [0, 0.05) is 26.2 Å². The summed E-state index contributed by atoms with van der Waals surface area (Å²) in [7, 11) is 1.52. The first-order valence-corrected chi connectivity index (χ1v) is 5.97. The minimum Gasteiger partial charge on any atom is -0.480 e. The third kappa shape index (κ3) is 4.37. The SMILES string of the molecule is C=CCN(C(=O)N(CCOC)CC(=O)O)C1CC1. The lowest BCUT2D eigenvalue weighted by Gasteiger charge is -2.29. The highest BCUT2D eigenvalue weighted by molar-refractivity contribution is 5.80. The van der Waals surface area contributed by atoms with E-state index in [1.54, 1.807) is 11.0 Å². The molecule has 0 aromatic carbocycles. The Morgan fingerprint density at radius 1 is 1.50 bits per heavy atom. The van der Waals surface area contributed by atoms with Crippen LogP contribution in [0.2, 0.25) is 0 Å². The third-order valence-corrected chi connectivity index (χ3v) is 2.72. The van der Waals surface area contributed by atoms with E-state index in [0.717, 1.165) is 12.8 Å². The fourth-order valence-corrected chi connectivity index (χ4v) is 1.70. The van der Waals surface area contributed by atoms with Crippen LogP contribution in [-0.2, 0) is 9.53 Å². The Labute approximate surface area is 107 Å². The van der Waals surface area contributed by atoms with E-state index in [2.05, 4.69) is 6.58 Å². The normalized spacial score (nSPS) is 14.1. The van der Waals surface area contributed by atoms with Crippen molar-refractivity contribution in [3.8, 4) is 0 Å². The zero-order valence-electron chi connectivity index (χ0n) is 10.7. The van der Waals surface area contributed by atoms with Gasteiger partial charge in [0.1, 0.15) is 6.54 Å². The smallest absolute Gasteiger partial charge is 0.323 e. The summed E-state index contributed by atoms with van der Waals surface area (Å²) in [5.41, 5.74) is 0. The maximum Gasteiger partial charge on any atom is 0.323 e. The van der Waals surface area contributed by atoms with E-state index in [1.165, 1.54) is 12.0 Å². The lowest BCUT2D eigenvalue weighted by Crippen LogP contribution is -2.47. The number of aliphatic carboxylic acids is 1. The summed E-state index contributed by atoms with van der Waals surface area (Å²) in [4.78, 5) is 26.0. The fraction of sp³-hybridized carbons (Fsp3) is 0.667. The topological polar surface area (TPSA) is 70.1 Å². The lowest BCUT2D eigenvalue weighted by molar-refractivity contribution is -0.137. The van der Waals surface area contributed by atoms with Gasteiger partial charge in [0.2, 0.25) is 0 Å². The number of ether oxygens (including phenoxy) is 1. The number of amides is 2. The van der Waals surface area contributed by atoms with E-state index < -0.39 is 5.97 Å². The molecule has 1 N–H and O–H groups in total. The Kier molecular flexibility index (Phi) is 5.64. The molecule has 102 valence electrons. The summed E-state index contributed by atoms with van der Waals surface area (Å²) in [6.07, 6.45) is 3.61. The van der Waals surface area contributed by atoms with E-state index >= 15 is 0 Å². The molecule has 18 heavy (non-hydrogen) atoms. The van der Waals surface area contributed by atoms with Gasteiger partial charge >= 0.3 is 12.0 Å². The molecule has 2 amide bonds. The monoisotopic (exact) mass is 256 g/mol. The van der Waals surface area contributed by atoms with E-state index in [-0.39, 0.29) is 25.2 Å². The minimum absolute atomic E-state index is 0.231. The van der Waals surface area contributed by atoms with E-state index in [9.17, 15) is 9.59 Å². The molecule has 0 radical (unpaired) electrons. The van der Waals surface area contributed by atoms with Crippen molar-refractivity contribution in [3.05, 3.63) is 12.7 Å². The number of carbonyl (C=O) groups excluding carboxylic acids is 1. The second-order valence-corrected chi connectivity index (χ2v) is 4.26. The number of carboxylic acids is 1. The molecule has 0 aliphatic heterocycles. The molecule has 0 saturated heterocycles. The number of hydrogen-bond donors (Lipinski definition) is 1. The maximum atomic E-state index is 12.2. The van der Waals surface area contributed by atoms with Gasteiger partial charge in [0.15, 0.2) is 0 Å². The quantitative estimate of drug-likeness (QED) is 0.652. The second-order valence-electron chi connectivity index (χ2n) is 4.26. The van der Waals surface area contributed by atoms with Crippen LogP contribution in [-0.4, -0.2) is 66.3 Å². The molecule has 0 heterocycles. The van der Waals surface area contributed by atoms with Gasteiger partial charge in [-0.3, -0.25) is 4.79 Å². The van der Waals surface area contributed by atoms with Gasteiger partial charge in [0.05, 0.1) is 6.61 Å². The number of rotatable bonds is 8. The third-order valence-electron chi connectivity index (χ3n) is 2.72. The predicted octanol–water partition coefficient (Wildman–Crippen LogP) is 0.790. The molecule has 1 aliphatic carbocycles. The standard InChI is InChI=1S/C12H20N2O4/c1-3-6-14(10-4-5-10)12(17)13(7-8-18-2)9-11(15)16/h3,10H,1,4-9H2,2H3,(H,15,16). The summed E-state index contributed by atoms with van der Waals surface area (Å²) < 4.78 is 4.89. The molecule has 0 aromatic rings. The number of methoxy groups -OCH3 is 1. The minimum atomic E-state index is -1.02. The van der Waals surface area contributed by atoms with Crippen LogP contribution < -0.4 is 0 Å². The average Bonchev–Trinajstić information content (AvgIpc) is 3.14. The summed E-state index contributed by atoms with van der Waals surface area (Å²) in [5, 5.41) is 8.82. The van der Waals surface area contributed by atoms with Crippen LogP contribution in [0.15, 0.2) is 12.7 Å².